The van der Waals surface area contributed by atoms with Gasteiger partial charge in [0.25, 0.3) is 0 Å². The predicted octanol–water partition coefficient (Wildman–Crippen LogP) is 3.28. The molecule has 6 nitrogen and oxygen atoms in total. The molecule has 3 rings (SSSR count). The number of rotatable bonds is 6. The van der Waals surface area contributed by atoms with Gasteiger partial charge in [-0.15, -0.1) is 0 Å². The molecule has 0 unspecified atom stereocenters. The summed E-state index contributed by atoms with van der Waals surface area (Å²) in [4.78, 5) is 28.8. The van der Waals surface area contributed by atoms with Gasteiger partial charge < -0.3 is 10.2 Å². The van der Waals surface area contributed by atoms with Crippen LogP contribution in [0.4, 0.5) is 5.69 Å². The van der Waals surface area contributed by atoms with Crippen LogP contribution in [-0.4, -0.2) is 40.0 Å². The SMILES string of the molecule is CCc1nc2cc(N3CCC[C@@H](C(=O)N[C@@H](C)CC)C3)cnc2nc1CC. The molecular formula is C21H31N5O. The van der Waals surface area contributed by atoms with E-state index in [4.69, 9.17) is 4.98 Å². The first-order valence-electron chi connectivity index (χ1n) is 10.3. The van der Waals surface area contributed by atoms with E-state index in [1.54, 1.807) is 0 Å². The Morgan fingerprint density at radius 2 is 2.00 bits per heavy atom. The Bertz CT molecular complexity index is 807. The van der Waals surface area contributed by atoms with Crippen molar-refractivity contribution in [2.75, 3.05) is 18.0 Å². The lowest BCUT2D eigenvalue weighted by Gasteiger charge is -2.34. The third kappa shape index (κ3) is 4.37. The van der Waals surface area contributed by atoms with Crippen LogP contribution >= 0.6 is 0 Å². The number of nitrogens with zero attached hydrogens (tertiary/aromatic N) is 4. The van der Waals surface area contributed by atoms with Gasteiger partial charge in [-0.2, -0.15) is 0 Å². The third-order valence-electron chi connectivity index (χ3n) is 5.49. The Kier molecular flexibility index (Phi) is 6.24. The summed E-state index contributed by atoms with van der Waals surface area (Å²) in [5.74, 6) is 0.201. The van der Waals surface area contributed by atoms with Gasteiger partial charge >= 0.3 is 0 Å². The lowest BCUT2D eigenvalue weighted by atomic mass is 9.96. The first-order valence-corrected chi connectivity index (χ1v) is 10.3. The van der Waals surface area contributed by atoms with E-state index in [0.717, 1.165) is 67.8 Å². The van der Waals surface area contributed by atoms with Crippen molar-refractivity contribution in [3.8, 4) is 0 Å². The van der Waals surface area contributed by atoms with E-state index in [-0.39, 0.29) is 17.9 Å². The van der Waals surface area contributed by atoms with Crippen LogP contribution in [0.25, 0.3) is 11.2 Å². The molecule has 3 heterocycles. The average Bonchev–Trinajstić information content (AvgIpc) is 2.72. The largest absolute Gasteiger partial charge is 0.369 e. The van der Waals surface area contributed by atoms with E-state index in [1.165, 1.54) is 0 Å². The number of anilines is 1. The quantitative estimate of drug-likeness (QED) is 0.846. The molecule has 2 aromatic heterocycles. The fourth-order valence-corrected chi connectivity index (χ4v) is 3.63. The van der Waals surface area contributed by atoms with E-state index >= 15 is 0 Å². The second-order valence-corrected chi connectivity index (χ2v) is 7.46. The van der Waals surface area contributed by atoms with Gasteiger partial charge in [-0.3, -0.25) is 4.79 Å². The van der Waals surface area contributed by atoms with E-state index < -0.39 is 0 Å². The molecule has 1 saturated heterocycles. The summed E-state index contributed by atoms with van der Waals surface area (Å²) >= 11 is 0. The number of amides is 1. The summed E-state index contributed by atoms with van der Waals surface area (Å²) in [7, 11) is 0. The van der Waals surface area contributed by atoms with E-state index in [2.05, 4.69) is 53.9 Å². The zero-order chi connectivity index (χ0) is 19.4. The Hall–Kier alpha value is -2.24. The van der Waals surface area contributed by atoms with Crippen LogP contribution in [0.2, 0.25) is 0 Å². The fourth-order valence-electron chi connectivity index (χ4n) is 3.63. The first kappa shape index (κ1) is 19.5. The Balaban J connectivity index is 1.80. The maximum Gasteiger partial charge on any atom is 0.225 e. The fraction of sp³-hybridized carbons (Fsp3) is 0.619. The number of pyridine rings is 1. The number of piperidine rings is 1. The summed E-state index contributed by atoms with van der Waals surface area (Å²) in [5, 5.41) is 3.13. The van der Waals surface area contributed by atoms with Gasteiger partial charge in [0.1, 0.15) is 5.52 Å². The summed E-state index contributed by atoms with van der Waals surface area (Å²) in [6.07, 6.45) is 6.52. The number of hydrogen-bond acceptors (Lipinski definition) is 5. The van der Waals surface area contributed by atoms with Crippen LogP contribution in [0, 0.1) is 5.92 Å². The van der Waals surface area contributed by atoms with Gasteiger partial charge in [-0.05, 0) is 45.1 Å². The highest BCUT2D eigenvalue weighted by molar-refractivity contribution is 5.80. The van der Waals surface area contributed by atoms with Gasteiger partial charge in [0.2, 0.25) is 5.91 Å². The molecule has 0 bridgehead atoms. The molecule has 0 radical (unpaired) electrons. The maximum absolute atomic E-state index is 12.5. The van der Waals surface area contributed by atoms with Crippen LogP contribution in [0.5, 0.6) is 0 Å². The molecule has 1 aliphatic heterocycles. The van der Waals surface area contributed by atoms with Gasteiger partial charge in [0.15, 0.2) is 5.65 Å². The molecule has 0 aromatic carbocycles. The average molecular weight is 370 g/mol. The molecule has 27 heavy (non-hydrogen) atoms. The summed E-state index contributed by atoms with van der Waals surface area (Å²) < 4.78 is 0. The zero-order valence-electron chi connectivity index (χ0n) is 17.0. The second-order valence-electron chi connectivity index (χ2n) is 7.46. The lowest BCUT2D eigenvalue weighted by Crippen LogP contribution is -2.45. The maximum atomic E-state index is 12.5. The van der Waals surface area contributed by atoms with Crippen LogP contribution in [0.15, 0.2) is 12.3 Å². The molecule has 2 atom stereocenters. The molecule has 0 spiro atoms. The lowest BCUT2D eigenvalue weighted by molar-refractivity contribution is -0.125. The minimum absolute atomic E-state index is 0.0307. The molecule has 1 amide bonds. The monoisotopic (exact) mass is 369 g/mol. The number of hydrogen-bond donors (Lipinski definition) is 1. The second kappa shape index (κ2) is 8.63. The van der Waals surface area contributed by atoms with E-state index in [1.807, 2.05) is 6.20 Å². The number of aryl methyl sites for hydroxylation is 2. The van der Waals surface area contributed by atoms with Gasteiger partial charge in [-0.1, -0.05) is 20.8 Å². The van der Waals surface area contributed by atoms with Crippen molar-refractivity contribution in [2.24, 2.45) is 5.92 Å². The van der Waals surface area contributed by atoms with Gasteiger partial charge in [-0.25, -0.2) is 15.0 Å². The number of fused-ring (bicyclic) bond motifs is 1. The van der Waals surface area contributed by atoms with Crippen LogP contribution < -0.4 is 10.2 Å². The van der Waals surface area contributed by atoms with Gasteiger partial charge in [0.05, 0.1) is 29.2 Å². The van der Waals surface area contributed by atoms with Crippen molar-refractivity contribution < 1.29 is 4.79 Å². The Morgan fingerprint density at radius 3 is 2.70 bits per heavy atom. The molecule has 1 N–H and O–H groups in total. The molecule has 2 aromatic rings. The van der Waals surface area contributed by atoms with E-state index in [9.17, 15) is 4.79 Å². The normalized spacial score (nSPS) is 18.5. The summed E-state index contributed by atoms with van der Waals surface area (Å²) in [6.45, 7) is 10.0. The molecule has 1 aliphatic rings. The molecule has 6 heteroatoms. The smallest absolute Gasteiger partial charge is 0.225 e. The van der Waals surface area contributed by atoms with E-state index in [0.29, 0.717) is 5.65 Å². The summed E-state index contributed by atoms with van der Waals surface area (Å²) in [5.41, 5.74) is 4.66. The number of nitrogens with one attached hydrogen (secondary N) is 1. The number of carbonyl (C=O) groups excluding carboxylic acids is 1. The van der Waals surface area contributed by atoms with Crippen molar-refractivity contribution in [2.45, 2.75) is 65.8 Å². The van der Waals surface area contributed by atoms with Crippen molar-refractivity contribution in [1.29, 1.82) is 0 Å². The van der Waals surface area contributed by atoms with Crippen molar-refractivity contribution in [1.82, 2.24) is 20.3 Å². The highest BCUT2D eigenvalue weighted by Gasteiger charge is 2.27. The van der Waals surface area contributed by atoms with Crippen molar-refractivity contribution in [3.05, 3.63) is 23.7 Å². The standard InChI is InChI=1S/C21H31N5O/c1-5-14(4)23-21(27)15-9-8-10-26(13-15)16-11-19-20(22-12-16)25-18(7-3)17(6-2)24-19/h11-12,14-15H,5-10,13H2,1-4H3,(H,23,27)/t14-,15+/m0/s1. The molecule has 0 saturated carbocycles. The van der Waals surface area contributed by atoms with Crippen LogP contribution in [0.1, 0.15) is 58.3 Å². The highest BCUT2D eigenvalue weighted by Crippen LogP contribution is 2.25. The molecular weight excluding hydrogens is 338 g/mol. The van der Waals surface area contributed by atoms with Crippen LogP contribution in [0.3, 0.4) is 0 Å². The molecule has 146 valence electrons. The topological polar surface area (TPSA) is 71.0 Å². The van der Waals surface area contributed by atoms with Gasteiger partial charge in [0, 0.05) is 19.1 Å². The Labute approximate surface area is 161 Å². The first-order chi connectivity index (χ1) is 13.0. The minimum atomic E-state index is 0.0307. The summed E-state index contributed by atoms with van der Waals surface area (Å²) in [6, 6.07) is 2.30. The highest BCUT2D eigenvalue weighted by atomic mass is 16.2. The molecule has 0 aliphatic carbocycles. The zero-order valence-corrected chi connectivity index (χ0v) is 17.0. The van der Waals surface area contributed by atoms with Crippen molar-refractivity contribution in [3.63, 3.8) is 0 Å². The third-order valence-corrected chi connectivity index (χ3v) is 5.49. The predicted molar refractivity (Wildman–Crippen MR) is 109 cm³/mol. The minimum Gasteiger partial charge on any atom is -0.369 e. The number of carbonyl (C=O) groups is 1. The Morgan fingerprint density at radius 1 is 1.26 bits per heavy atom. The molecule has 1 fully saturated rings. The number of aromatic nitrogens is 3. The van der Waals surface area contributed by atoms with Crippen molar-refractivity contribution >= 4 is 22.8 Å². The van der Waals surface area contributed by atoms with Crippen LogP contribution in [-0.2, 0) is 17.6 Å².